The minimum Gasteiger partial charge on any atom is -0.325 e. The van der Waals surface area contributed by atoms with Gasteiger partial charge in [-0.05, 0) is 44.7 Å². The molecule has 1 aromatic carbocycles. The Labute approximate surface area is 125 Å². The minimum atomic E-state index is -3.29. The van der Waals surface area contributed by atoms with E-state index in [1.165, 1.54) is 0 Å². The molecule has 0 aliphatic carbocycles. The highest BCUT2D eigenvalue weighted by atomic mass is 35.5. The quantitative estimate of drug-likeness (QED) is 0.738. The van der Waals surface area contributed by atoms with Crippen LogP contribution in [-0.4, -0.2) is 33.7 Å². The lowest BCUT2D eigenvalue weighted by atomic mass is 10.2. The number of halogens is 1. The Kier molecular flexibility index (Phi) is 7.55. The summed E-state index contributed by atoms with van der Waals surface area (Å²) in [7, 11) is -1.60. The Morgan fingerprint density at radius 2 is 1.95 bits per heavy atom. The van der Waals surface area contributed by atoms with Crippen LogP contribution in [0, 0.1) is 6.92 Å². The number of carbonyl (C=O) groups is 1. The number of hydrogen-bond acceptors (Lipinski definition) is 4. The second kappa shape index (κ2) is 8.08. The highest BCUT2D eigenvalue weighted by Crippen LogP contribution is 2.20. The summed E-state index contributed by atoms with van der Waals surface area (Å²) in [6.07, 6.45) is 0. The van der Waals surface area contributed by atoms with Crippen LogP contribution in [0.25, 0.3) is 0 Å². The van der Waals surface area contributed by atoms with Gasteiger partial charge in [-0.15, -0.1) is 12.4 Å². The largest absolute Gasteiger partial charge is 0.325 e. The highest BCUT2D eigenvalue weighted by molar-refractivity contribution is 7.92. The molecule has 0 saturated carbocycles. The first kappa shape index (κ1) is 18.7. The van der Waals surface area contributed by atoms with Gasteiger partial charge in [0.1, 0.15) is 0 Å². The number of anilines is 2. The Morgan fingerprint density at radius 1 is 1.30 bits per heavy atom. The zero-order valence-electron chi connectivity index (χ0n) is 11.7. The highest BCUT2D eigenvalue weighted by Gasteiger charge is 2.09. The molecule has 1 aromatic rings. The van der Waals surface area contributed by atoms with Gasteiger partial charge in [0.05, 0.1) is 18.0 Å². The van der Waals surface area contributed by atoms with Gasteiger partial charge in [-0.25, -0.2) is 8.42 Å². The molecule has 8 heteroatoms. The summed E-state index contributed by atoms with van der Waals surface area (Å²) in [6, 6.07) is 5.02. The first-order chi connectivity index (χ1) is 8.88. The Bertz CT molecular complexity index is 561. The van der Waals surface area contributed by atoms with Crippen LogP contribution in [0.5, 0.6) is 0 Å². The van der Waals surface area contributed by atoms with Crippen molar-refractivity contribution in [3.8, 4) is 0 Å². The molecule has 3 N–H and O–H groups in total. The van der Waals surface area contributed by atoms with Crippen molar-refractivity contribution in [1.82, 2.24) is 5.32 Å². The van der Waals surface area contributed by atoms with Crippen LogP contribution in [-0.2, 0) is 14.8 Å². The fourth-order valence-corrected chi connectivity index (χ4v) is 2.17. The van der Waals surface area contributed by atoms with Crippen LogP contribution in [0.3, 0.4) is 0 Å². The van der Waals surface area contributed by atoms with E-state index in [1.54, 1.807) is 39.1 Å². The van der Waals surface area contributed by atoms with Gasteiger partial charge in [0.15, 0.2) is 0 Å². The summed E-state index contributed by atoms with van der Waals surface area (Å²) >= 11 is 0. The number of likely N-dealkylation sites (N-methyl/N-ethyl adjacent to an activating group) is 1. The fourth-order valence-electron chi connectivity index (χ4n) is 1.46. The van der Waals surface area contributed by atoms with Crippen molar-refractivity contribution in [1.29, 1.82) is 0 Å². The molecule has 0 bridgehead atoms. The Hall–Kier alpha value is -1.31. The zero-order valence-corrected chi connectivity index (χ0v) is 13.3. The summed E-state index contributed by atoms with van der Waals surface area (Å²) in [5.74, 6) is -0.128. The van der Waals surface area contributed by atoms with Gasteiger partial charge in [-0.3, -0.25) is 9.52 Å². The summed E-state index contributed by atoms with van der Waals surface area (Å²) in [4.78, 5) is 11.4. The van der Waals surface area contributed by atoms with Crippen molar-refractivity contribution < 1.29 is 13.2 Å². The molecule has 0 aliphatic rings. The lowest BCUT2D eigenvalue weighted by molar-refractivity contribution is -0.115. The van der Waals surface area contributed by atoms with Crippen LogP contribution in [0.15, 0.2) is 18.2 Å². The summed E-state index contributed by atoms with van der Waals surface area (Å²) < 4.78 is 25.4. The van der Waals surface area contributed by atoms with E-state index in [9.17, 15) is 13.2 Å². The number of hydrogen-bond donors (Lipinski definition) is 3. The molecule has 0 unspecified atom stereocenters. The Morgan fingerprint density at radius 3 is 2.45 bits per heavy atom. The van der Waals surface area contributed by atoms with Crippen LogP contribution < -0.4 is 15.4 Å². The number of nitrogens with one attached hydrogen (secondary N) is 3. The van der Waals surface area contributed by atoms with Crippen molar-refractivity contribution >= 4 is 39.7 Å². The van der Waals surface area contributed by atoms with Gasteiger partial charge in [0.25, 0.3) is 0 Å². The van der Waals surface area contributed by atoms with E-state index in [-0.39, 0.29) is 30.6 Å². The molecule has 0 fully saturated rings. The molecule has 20 heavy (non-hydrogen) atoms. The van der Waals surface area contributed by atoms with E-state index in [4.69, 9.17) is 0 Å². The van der Waals surface area contributed by atoms with E-state index in [0.717, 1.165) is 5.56 Å². The van der Waals surface area contributed by atoms with Crippen LogP contribution >= 0.6 is 12.4 Å². The molecular formula is C12H20ClN3O3S. The minimum absolute atomic E-state index is 0. The van der Waals surface area contributed by atoms with Crippen molar-refractivity contribution in [2.24, 2.45) is 0 Å². The maximum absolute atomic E-state index is 11.5. The molecule has 0 atom stereocenters. The summed E-state index contributed by atoms with van der Waals surface area (Å²) in [5.41, 5.74) is 1.91. The normalized spacial score (nSPS) is 10.6. The topological polar surface area (TPSA) is 87.3 Å². The van der Waals surface area contributed by atoms with Crippen molar-refractivity contribution in [2.45, 2.75) is 13.8 Å². The van der Waals surface area contributed by atoms with Crippen LogP contribution in [0.4, 0.5) is 11.4 Å². The SMILES string of the molecule is CCS(=O)(=O)Nc1ccc(NC(=O)CNC)cc1C.Cl. The maximum atomic E-state index is 11.5. The third-order valence-corrected chi connectivity index (χ3v) is 3.78. The van der Waals surface area contributed by atoms with E-state index in [0.29, 0.717) is 11.4 Å². The Balaban J connectivity index is 0.00000361. The summed E-state index contributed by atoms with van der Waals surface area (Å²) in [6.45, 7) is 3.58. The number of rotatable bonds is 6. The second-order valence-electron chi connectivity index (χ2n) is 4.11. The number of amides is 1. The van der Waals surface area contributed by atoms with Crippen LogP contribution in [0.2, 0.25) is 0 Å². The molecule has 0 spiro atoms. The molecule has 0 aliphatic heterocycles. The molecular weight excluding hydrogens is 302 g/mol. The van der Waals surface area contributed by atoms with Gasteiger partial charge < -0.3 is 10.6 Å². The van der Waals surface area contributed by atoms with Gasteiger partial charge in [0.2, 0.25) is 15.9 Å². The van der Waals surface area contributed by atoms with Crippen molar-refractivity contribution in [2.75, 3.05) is 29.4 Å². The molecule has 0 saturated heterocycles. The summed E-state index contributed by atoms with van der Waals surface area (Å²) in [5, 5.41) is 5.46. The van der Waals surface area contributed by atoms with E-state index < -0.39 is 10.0 Å². The average Bonchev–Trinajstić information content (AvgIpc) is 2.33. The number of aryl methyl sites for hydroxylation is 1. The van der Waals surface area contributed by atoms with Gasteiger partial charge in [0, 0.05) is 5.69 Å². The molecule has 114 valence electrons. The van der Waals surface area contributed by atoms with Gasteiger partial charge >= 0.3 is 0 Å². The first-order valence-electron chi connectivity index (χ1n) is 5.93. The third-order valence-electron chi connectivity index (χ3n) is 2.49. The van der Waals surface area contributed by atoms with Gasteiger partial charge in [-0.2, -0.15) is 0 Å². The third kappa shape index (κ3) is 5.77. The van der Waals surface area contributed by atoms with E-state index in [2.05, 4.69) is 15.4 Å². The zero-order chi connectivity index (χ0) is 14.5. The molecule has 1 amide bonds. The predicted molar refractivity (Wildman–Crippen MR) is 84.1 cm³/mol. The number of benzene rings is 1. The second-order valence-corrected chi connectivity index (χ2v) is 6.12. The van der Waals surface area contributed by atoms with E-state index in [1.807, 2.05) is 0 Å². The fraction of sp³-hybridized carbons (Fsp3) is 0.417. The van der Waals surface area contributed by atoms with Crippen molar-refractivity contribution in [3.05, 3.63) is 23.8 Å². The average molecular weight is 322 g/mol. The smallest absolute Gasteiger partial charge is 0.238 e. The first-order valence-corrected chi connectivity index (χ1v) is 7.58. The van der Waals surface area contributed by atoms with Crippen molar-refractivity contribution in [3.63, 3.8) is 0 Å². The lowest BCUT2D eigenvalue weighted by Crippen LogP contribution is -2.25. The molecule has 0 aromatic heterocycles. The maximum Gasteiger partial charge on any atom is 0.238 e. The molecule has 0 heterocycles. The number of sulfonamides is 1. The molecule has 1 rings (SSSR count). The predicted octanol–water partition coefficient (Wildman–Crippen LogP) is 1.34. The standard InChI is InChI=1S/C12H19N3O3S.ClH/c1-4-19(17,18)15-11-6-5-10(7-9(11)2)14-12(16)8-13-3;/h5-7,13,15H,4,8H2,1-3H3,(H,14,16);1H. The van der Waals surface area contributed by atoms with E-state index >= 15 is 0 Å². The number of carbonyl (C=O) groups excluding carboxylic acids is 1. The van der Waals surface area contributed by atoms with Gasteiger partial charge in [-0.1, -0.05) is 0 Å². The van der Waals surface area contributed by atoms with Crippen LogP contribution in [0.1, 0.15) is 12.5 Å². The lowest BCUT2D eigenvalue weighted by Gasteiger charge is -2.11. The molecule has 6 nitrogen and oxygen atoms in total. The monoisotopic (exact) mass is 321 g/mol. The molecule has 0 radical (unpaired) electrons.